The molecule has 0 saturated carbocycles. The Balaban J connectivity index is 1.31. The van der Waals surface area contributed by atoms with Crippen LogP contribution < -0.4 is 0 Å². The number of nitrogens with zero attached hydrogens (tertiary/aromatic N) is 4. The minimum absolute atomic E-state index is 0.685. The van der Waals surface area contributed by atoms with Crippen LogP contribution in [0.15, 0.2) is 182 Å². The van der Waals surface area contributed by atoms with E-state index in [0.29, 0.717) is 5.82 Å². The average Bonchev–Trinajstić information content (AvgIpc) is 3.21. The molecule has 4 nitrogen and oxygen atoms in total. The average molecular weight is 639 g/mol. The van der Waals surface area contributed by atoms with E-state index in [9.17, 15) is 0 Å². The van der Waals surface area contributed by atoms with Crippen LogP contribution in [0.5, 0.6) is 0 Å². The first-order valence-electron chi connectivity index (χ1n) is 16.7. The molecule has 0 bridgehead atoms. The van der Waals surface area contributed by atoms with Gasteiger partial charge in [0.05, 0.1) is 33.8 Å². The fraction of sp³-hybridized carbons (Fsp3) is 0. The van der Waals surface area contributed by atoms with E-state index in [0.717, 1.165) is 83.5 Å². The number of hydrogen-bond donors (Lipinski definition) is 0. The molecule has 50 heavy (non-hydrogen) atoms. The van der Waals surface area contributed by atoms with Crippen molar-refractivity contribution in [2.45, 2.75) is 0 Å². The first-order valence-corrected chi connectivity index (χ1v) is 16.7. The van der Waals surface area contributed by atoms with Gasteiger partial charge in [0.1, 0.15) is 0 Å². The molecule has 0 aliphatic carbocycles. The highest BCUT2D eigenvalue weighted by molar-refractivity contribution is 6.11. The van der Waals surface area contributed by atoms with E-state index in [1.165, 1.54) is 0 Å². The van der Waals surface area contributed by atoms with Gasteiger partial charge < -0.3 is 0 Å². The quantitative estimate of drug-likeness (QED) is 0.170. The van der Waals surface area contributed by atoms with E-state index in [1.807, 2.05) is 60.7 Å². The molecule has 0 aliphatic heterocycles. The van der Waals surface area contributed by atoms with Gasteiger partial charge in [-0.1, -0.05) is 164 Å². The molecular weight excluding hydrogens is 609 g/mol. The Hall–Kier alpha value is -6.78. The van der Waals surface area contributed by atoms with Crippen molar-refractivity contribution in [2.24, 2.45) is 0 Å². The van der Waals surface area contributed by atoms with E-state index >= 15 is 0 Å². The standard InChI is InChI=1S/C46H30N4/c1-5-15-31(16-6-1)40-28-26-34-25-27-38-39(29-41(32-17-7-2-8-18-32)48-45(38)44(34)47-40)36-23-13-14-24-37(36)43-30-42(33-19-9-3-10-20-33)49-46(50-43)35-21-11-4-12-22-35/h1-30H. The largest absolute Gasteiger partial charge is 0.245 e. The molecule has 0 radical (unpaired) electrons. The normalized spacial score (nSPS) is 11.2. The third-order valence-electron chi connectivity index (χ3n) is 9.10. The lowest BCUT2D eigenvalue weighted by molar-refractivity contribution is 1.18. The topological polar surface area (TPSA) is 51.6 Å². The molecule has 234 valence electrons. The number of hydrogen-bond acceptors (Lipinski definition) is 4. The molecule has 9 aromatic rings. The molecular formula is C46H30N4. The summed E-state index contributed by atoms with van der Waals surface area (Å²) in [6.07, 6.45) is 0. The number of fused-ring (bicyclic) bond motifs is 3. The highest BCUT2D eigenvalue weighted by Gasteiger charge is 2.18. The van der Waals surface area contributed by atoms with Crippen molar-refractivity contribution < 1.29 is 0 Å². The summed E-state index contributed by atoms with van der Waals surface area (Å²) in [6, 6.07) is 62.6. The van der Waals surface area contributed by atoms with Crippen molar-refractivity contribution >= 4 is 21.8 Å². The maximum Gasteiger partial charge on any atom is 0.160 e. The van der Waals surface area contributed by atoms with Crippen LogP contribution >= 0.6 is 0 Å². The van der Waals surface area contributed by atoms with Crippen molar-refractivity contribution in [3.8, 4) is 67.5 Å². The summed E-state index contributed by atoms with van der Waals surface area (Å²) in [4.78, 5) is 20.8. The Morgan fingerprint density at radius 2 is 0.760 bits per heavy atom. The van der Waals surface area contributed by atoms with Crippen LogP contribution in [0, 0.1) is 0 Å². The van der Waals surface area contributed by atoms with E-state index in [1.54, 1.807) is 0 Å². The number of benzene rings is 6. The van der Waals surface area contributed by atoms with Crippen molar-refractivity contribution in [2.75, 3.05) is 0 Å². The summed E-state index contributed by atoms with van der Waals surface area (Å²) in [6.45, 7) is 0. The molecule has 4 heteroatoms. The Bertz CT molecular complexity index is 2560. The first-order chi connectivity index (χ1) is 24.8. The molecule has 0 aliphatic rings. The third kappa shape index (κ3) is 5.49. The van der Waals surface area contributed by atoms with Gasteiger partial charge in [0.15, 0.2) is 5.82 Å². The molecule has 0 fully saturated rings. The SMILES string of the molecule is c1ccc(-c2cc(-c3ccccc3-c3cc(-c4ccccc4)nc4c3ccc3ccc(-c5ccccc5)nc34)nc(-c3ccccc3)n2)cc1. The van der Waals surface area contributed by atoms with Crippen molar-refractivity contribution in [1.29, 1.82) is 0 Å². The summed E-state index contributed by atoms with van der Waals surface area (Å²) in [5, 5.41) is 2.08. The van der Waals surface area contributed by atoms with Gasteiger partial charge in [-0.15, -0.1) is 0 Å². The van der Waals surface area contributed by atoms with E-state index in [4.69, 9.17) is 19.9 Å². The zero-order valence-electron chi connectivity index (χ0n) is 27.1. The molecule has 9 rings (SSSR count). The Kier molecular flexibility index (Phi) is 7.45. The van der Waals surface area contributed by atoms with Gasteiger partial charge in [-0.05, 0) is 29.3 Å². The van der Waals surface area contributed by atoms with Crippen LogP contribution in [0.1, 0.15) is 0 Å². The molecule has 6 aromatic carbocycles. The second-order valence-corrected chi connectivity index (χ2v) is 12.3. The van der Waals surface area contributed by atoms with Crippen LogP contribution in [0.3, 0.4) is 0 Å². The van der Waals surface area contributed by atoms with Gasteiger partial charge in [0.2, 0.25) is 0 Å². The van der Waals surface area contributed by atoms with Crippen LogP contribution in [0.4, 0.5) is 0 Å². The fourth-order valence-electron chi connectivity index (χ4n) is 6.62. The zero-order valence-corrected chi connectivity index (χ0v) is 27.1. The maximum atomic E-state index is 5.32. The minimum atomic E-state index is 0.685. The molecule has 0 amide bonds. The molecule has 3 heterocycles. The van der Waals surface area contributed by atoms with Gasteiger partial charge in [-0.25, -0.2) is 19.9 Å². The highest BCUT2D eigenvalue weighted by atomic mass is 14.9. The van der Waals surface area contributed by atoms with Crippen LogP contribution in [-0.4, -0.2) is 19.9 Å². The van der Waals surface area contributed by atoms with Gasteiger partial charge in [-0.2, -0.15) is 0 Å². The number of pyridine rings is 2. The smallest absolute Gasteiger partial charge is 0.160 e. The Morgan fingerprint density at radius 1 is 0.280 bits per heavy atom. The second kappa shape index (κ2) is 12.7. The van der Waals surface area contributed by atoms with E-state index in [-0.39, 0.29) is 0 Å². The van der Waals surface area contributed by atoms with Crippen LogP contribution in [0.25, 0.3) is 89.4 Å². The third-order valence-corrected chi connectivity index (χ3v) is 9.10. The molecule has 0 spiro atoms. The van der Waals surface area contributed by atoms with Gasteiger partial charge >= 0.3 is 0 Å². The predicted molar refractivity (Wildman–Crippen MR) is 205 cm³/mol. The van der Waals surface area contributed by atoms with Gasteiger partial charge in [0, 0.05) is 38.6 Å². The summed E-state index contributed by atoms with van der Waals surface area (Å²) in [5.74, 6) is 0.685. The first kappa shape index (κ1) is 29.4. The molecule has 0 unspecified atom stereocenters. The molecule has 0 saturated heterocycles. The lowest BCUT2D eigenvalue weighted by atomic mass is 9.92. The van der Waals surface area contributed by atoms with Crippen molar-refractivity contribution in [1.82, 2.24) is 19.9 Å². The van der Waals surface area contributed by atoms with Gasteiger partial charge in [0.25, 0.3) is 0 Å². The molecule has 3 aromatic heterocycles. The van der Waals surface area contributed by atoms with Crippen molar-refractivity contribution in [3.63, 3.8) is 0 Å². The minimum Gasteiger partial charge on any atom is -0.245 e. The summed E-state index contributed by atoms with van der Waals surface area (Å²) in [7, 11) is 0. The lowest BCUT2D eigenvalue weighted by Gasteiger charge is -2.16. The molecule has 0 atom stereocenters. The Morgan fingerprint density at radius 3 is 1.40 bits per heavy atom. The van der Waals surface area contributed by atoms with E-state index < -0.39 is 0 Å². The summed E-state index contributed by atoms with van der Waals surface area (Å²) < 4.78 is 0. The number of aromatic nitrogens is 4. The van der Waals surface area contributed by atoms with Gasteiger partial charge in [-0.3, -0.25) is 0 Å². The lowest BCUT2D eigenvalue weighted by Crippen LogP contribution is -1.98. The summed E-state index contributed by atoms with van der Waals surface area (Å²) in [5.41, 5.74) is 12.5. The maximum absolute atomic E-state index is 5.32. The fourth-order valence-corrected chi connectivity index (χ4v) is 6.62. The Labute approximate surface area is 290 Å². The zero-order chi connectivity index (χ0) is 33.3. The highest BCUT2D eigenvalue weighted by Crippen LogP contribution is 2.40. The van der Waals surface area contributed by atoms with Crippen LogP contribution in [-0.2, 0) is 0 Å². The van der Waals surface area contributed by atoms with Crippen molar-refractivity contribution in [3.05, 3.63) is 182 Å². The summed E-state index contributed by atoms with van der Waals surface area (Å²) >= 11 is 0. The number of rotatable bonds is 6. The monoisotopic (exact) mass is 638 g/mol. The second-order valence-electron chi connectivity index (χ2n) is 12.3. The van der Waals surface area contributed by atoms with E-state index in [2.05, 4.69) is 121 Å². The predicted octanol–water partition coefficient (Wildman–Crippen LogP) is 11.6. The van der Waals surface area contributed by atoms with Crippen LogP contribution in [0.2, 0.25) is 0 Å². The molecule has 0 N–H and O–H groups in total.